The lowest BCUT2D eigenvalue weighted by molar-refractivity contribution is -0.123. The maximum absolute atomic E-state index is 12.0. The lowest BCUT2D eigenvalue weighted by atomic mass is 10.1. The molecule has 3 aromatic rings. The highest BCUT2D eigenvalue weighted by Gasteiger charge is 2.07. The third-order valence-corrected chi connectivity index (χ3v) is 3.77. The van der Waals surface area contributed by atoms with E-state index in [4.69, 9.17) is 10.00 Å². The van der Waals surface area contributed by atoms with Gasteiger partial charge in [0.1, 0.15) is 5.75 Å². The number of carbonyl (C=O) groups is 1. The van der Waals surface area contributed by atoms with Crippen LogP contribution in [-0.2, 0) is 4.79 Å². The minimum atomic E-state index is -0.359. The Labute approximate surface area is 157 Å². The van der Waals surface area contributed by atoms with Crippen LogP contribution in [0.1, 0.15) is 11.1 Å². The molecule has 0 fully saturated rings. The van der Waals surface area contributed by atoms with Crippen LogP contribution in [0.5, 0.6) is 5.75 Å². The summed E-state index contributed by atoms with van der Waals surface area (Å²) in [5.74, 6) is 0.276. The summed E-state index contributed by atoms with van der Waals surface area (Å²) < 4.78 is 5.66. The summed E-state index contributed by atoms with van der Waals surface area (Å²) in [7, 11) is 0. The fourth-order valence-electron chi connectivity index (χ4n) is 2.45. The first-order chi connectivity index (χ1) is 13.3. The summed E-state index contributed by atoms with van der Waals surface area (Å²) in [5, 5.41) is 12.7. The summed E-state index contributed by atoms with van der Waals surface area (Å²) in [6.07, 6.45) is 1.51. The second kappa shape index (κ2) is 8.97. The molecule has 0 aromatic heterocycles. The van der Waals surface area contributed by atoms with E-state index in [1.807, 2.05) is 60.7 Å². The van der Waals surface area contributed by atoms with Crippen LogP contribution in [0.25, 0.3) is 11.1 Å². The number of hydrogen-bond acceptors (Lipinski definition) is 4. The fraction of sp³-hybridized carbons (Fsp3) is 0.0455. The molecule has 0 heterocycles. The maximum Gasteiger partial charge on any atom is 0.277 e. The topological polar surface area (TPSA) is 74.5 Å². The highest BCUT2D eigenvalue weighted by atomic mass is 16.5. The highest BCUT2D eigenvalue weighted by molar-refractivity contribution is 5.83. The second-order valence-corrected chi connectivity index (χ2v) is 5.68. The van der Waals surface area contributed by atoms with E-state index >= 15 is 0 Å². The van der Waals surface area contributed by atoms with Crippen LogP contribution >= 0.6 is 0 Å². The molecule has 3 aromatic carbocycles. The molecule has 132 valence electrons. The van der Waals surface area contributed by atoms with E-state index < -0.39 is 0 Å². The Morgan fingerprint density at radius 1 is 1.00 bits per heavy atom. The Bertz CT molecular complexity index is 974. The quantitative estimate of drug-likeness (QED) is 0.540. The zero-order valence-electron chi connectivity index (χ0n) is 14.5. The van der Waals surface area contributed by atoms with Crippen molar-refractivity contribution < 1.29 is 9.53 Å². The molecule has 3 rings (SSSR count). The molecule has 0 aliphatic carbocycles. The summed E-state index contributed by atoms with van der Waals surface area (Å²) in [6.45, 7) is -0.144. The lowest BCUT2D eigenvalue weighted by Crippen LogP contribution is -2.24. The predicted molar refractivity (Wildman–Crippen MR) is 104 cm³/mol. The Morgan fingerprint density at radius 2 is 1.70 bits per heavy atom. The van der Waals surface area contributed by atoms with Crippen molar-refractivity contribution in [3.63, 3.8) is 0 Å². The average Bonchev–Trinajstić information content (AvgIpc) is 2.73. The maximum atomic E-state index is 12.0. The van der Waals surface area contributed by atoms with Crippen molar-refractivity contribution in [2.75, 3.05) is 6.61 Å². The van der Waals surface area contributed by atoms with Gasteiger partial charge in [0, 0.05) is 5.56 Å². The molecule has 1 N–H and O–H groups in total. The minimum Gasteiger partial charge on any atom is -0.483 e. The standard InChI is InChI=1S/C22H17N3O2/c23-14-17-10-12-18(13-11-17)15-24-25-22(26)16-27-21-9-5-4-8-20(21)19-6-2-1-3-7-19/h1-13,15H,16H2,(H,25,26)/b24-15+. The average molecular weight is 355 g/mol. The molecular formula is C22H17N3O2. The van der Waals surface area contributed by atoms with E-state index in [9.17, 15) is 4.79 Å². The van der Waals surface area contributed by atoms with E-state index in [0.29, 0.717) is 11.3 Å². The molecule has 5 nitrogen and oxygen atoms in total. The van der Waals surface area contributed by atoms with Gasteiger partial charge >= 0.3 is 0 Å². The fourth-order valence-corrected chi connectivity index (χ4v) is 2.45. The van der Waals surface area contributed by atoms with Crippen molar-refractivity contribution in [2.45, 2.75) is 0 Å². The number of nitriles is 1. The molecule has 0 bridgehead atoms. The summed E-state index contributed by atoms with van der Waals surface area (Å²) in [4.78, 5) is 12.0. The van der Waals surface area contributed by atoms with Gasteiger partial charge in [-0.2, -0.15) is 10.4 Å². The van der Waals surface area contributed by atoms with Crippen LogP contribution in [0, 0.1) is 11.3 Å². The predicted octanol–water partition coefficient (Wildman–Crippen LogP) is 3.75. The van der Waals surface area contributed by atoms with Crippen LogP contribution in [0.4, 0.5) is 0 Å². The van der Waals surface area contributed by atoms with E-state index in [1.54, 1.807) is 24.3 Å². The zero-order chi connectivity index (χ0) is 18.9. The number of hydrazone groups is 1. The van der Waals surface area contributed by atoms with Crippen LogP contribution in [0.2, 0.25) is 0 Å². The van der Waals surface area contributed by atoms with E-state index in [-0.39, 0.29) is 12.5 Å². The molecule has 0 atom stereocenters. The molecule has 5 heteroatoms. The smallest absolute Gasteiger partial charge is 0.277 e. The number of amides is 1. The third-order valence-electron chi connectivity index (χ3n) is 3.77. The third kappa shape index (κ3) is 5.03. The molecule has 0 saturated heterocycles. The van der Waals surface area contributed by atoms with Crippen molar-refractivity contribution in [3.8, 4) is 22.9 Å². The lowest BCUT2D eigenvalue weighted by Gasteiger charge is -2.10. The number of hydrogen-bond donors (Lipinski definition) is 1. The Hall–Kier alpha value is -3.91. The molecule has 0 unspecified atom stereocenters. The minimum absolute atomic E-state index is 0.144. The first kappa shape index (κ1) is 17.9. The van der Waals surface area contributed by atoms with Gasteiger partial charge in [-0.15, -0.1) is 0 Å². The molecule has 0 aliphatic heterocycles. The number of para-hydroxylation sites is 1. The molecule has 0 saturated carbocycles. The number of nitrogens with one attached hydrogen (secondary N) is 1. The van der Waals surface area contributed by atoms with Crippen LogP contribution in [0.15, 0.2) is 84.0 Å². The molecule has 1 amide bonds. The van der Waals surface area contributed by atoms with Crippen LogP contribution < -0.4 is 10.2 Å². The Balaban J connectivity index is 1.57. The van der Waals surface area contributed by atoms with Gasteiger partial charge in [0.15, 0.2) is 6.61 Å². The van der Waals surface area contributed by atoms with Gasteiger partial charge in [0.05, 0.1) is 17.8 Å². The number of ether oxygens (including phenoxy) is 1. The number of rotatable bonds is 6. The van der Waals surface area contributed by atoms with E-state index in [0.717, 1.165) is 16.7 Å². The van der Waals surface area contributed by atoms with E-state index in [2.05, 4.69) is 10.5 Å². The first-order valence-corrected chi connectivity index (χ1v) is 8.35. The molecule has 0 aliphatic rings. The van der Waals surface area contributed by atoms with Gasteiger partial charge in [-0.3, -0.25) is 4.79 Å². The van der Waals surface area contributed by atoms with Crippen molar-refractivity contribution in [1.29, 1.82) is 5.26 Å². The van der Waals surface area contributed by atoms with Crippen molar-refractivity contribution in [2.24, 2.45) is 5.10 Å². The summed E-state index contributed by atoms with van der Waals surface area (Å²) in [6, 6.07) is 26.3. The molecule has 0 radical (unpaired) electrons. The van der Waals surface area contributed by atoms with Crippen LogP contribution in [-0.4, -0.2) is 18.7 Å². The van der Waals surface area contributed by atoms with Gasteiger partial charge in [0.25, 0.3) is 5.91 Å². The number of nitrogens with zero attached hydrogens (tertiary/aromatic N) is 2. The highest BCUT2D eigenvalue weighted by Crippen LogP contribution is 2.29. The van der Waals surface area contributed by atoms with Gasteiger partial charge in [-0.1, -0.05) is 60.7 Å². The van der Waals surface area contributed by atoms with E-state index in [1.165, 1.54) is 6.21 Å². The second-order valence-electron chi connectivity index (χ2n) is 5.68. The summed E-state index contributed by atoms with van der Waals surface area (Å²) >= 11 is 0. The van der Waals surface area contributed by atoms with Crippen molar-refractivity contribution in [1.82, 2.24) is 5.43 Å². The monoisotopic (exact) mass is 355 g/mol. The zero-order valence-corrected chi connectivity index (χ0v) is 14.5. The largest absolute Gasteiger partial charge is 0.483 e. The number of benzene rings is 3. The Morgan fingerprint density at radius 3 is 2.44 bits per heavy atom. The van der Waals surface area contributed by atoms with Crippen molar-refractivity contribution >= 4 is 12.1 Å². The first-order valence-electron chi connectivity index (χ1n) is 8.35. The van der Waals surface area contributed by atoms with Gasteiger partial charge in [0.2, 0.25) is 0 Å². The Kier molecular flexibility index (Phi) is 5.95. The van der Waals surface area contributed by atoms with Crippen molar-refractivity contribution in [3.05, 3.63) is 90.0 Å². The summed E-state index contributed by atoms with van der Waals surface area (Å²) in [5.41, 5.74) is 5.73. The molecule has 0 spiro atoms. The van der Waals surface area contributed by atoms with Gasteiger partial charge in [-0.05, 0) is 29.3 Å². The van der Waals surface area contributed by atoms with Gasteiger partial charge in [-0.25, -0.2) is 5.43 Å². The number of carbonyl (C=O) groups excluding carboxylic acids is 1. The van der Waals surface area contributed by atoms with Gasteiger partial charge < -0.3 is 4.74 Å². The van der Waals surface area contributed by atoms with Crippen LogP contribution in [0.3, 0.4) is 0 Å². The SMILES string of the molecule is N#Cc1ccc(/C=N/NC(=O)COc2ccccc2-c2ccccc2)cc1. The molecule has 27 heavy (non-hydrogen) atoms. The normalized spacial score (nSPS) is 10.3. The molecular weight excluding hydrogens is 338 g/mol.